The molecule has 2 aliphatic rings. The van der Waals surface area contributed by atoms with Crippen molar-refractivity contribution in [2.75, 3.05) is 13.2 Å². The van der Waals surface area contributed by atoms with Gasteiger partial charge in [-0.2, -0.15) is 0 Å². The predicted octanol–water partition coefficient (Wildman–Crippen LogP) is 0.650. The van der Waals surface area contributed by atoms with Crippen LogP contribution in [-0.2, 0) is 18.9 Å². The Morgan fingerprint density at radius 2 is 1.75 bits per heavy atom. The van der Waals surface area contributed by atoms with Crippen LogP contribution in [0.2, 0.25) is 0 Å². The fourth-order valence-electron chi connectivity index (χ4n) is 2.20. The lowest BCUT2D eigenvalue weighted by molar-refractivity contribution is -0.175. The topological polar surface area (TPSA) is 57.2 Å². The molecule has 94 valence electrons. The standard InChI is InChI=1S/C11H20O5/c1-10(2)13-6-8(15-10)9-7(5-12)14-11(3,4)16-9/h7-9,12H,5-6H2,1-4H3/t7-,8+,9-/m0/s1. The Bertz CT molecular complexity index is 263. The second-order valence-electron chi connectivity index (χ2n) is 5.19. The molecule has 1 N–H and O–H groups in total. The van der Waals surface area contributed by atoms with Crippen molar-refractivity contribution in [3.05, 3.63) is 0 Å². The zero-order valence-corrected chi connectivity index (χ0v) is 10.2. The largest absolute Gasteiger partial charge is 0.394 e. The van der Waals surface area contributed by atoms with E-state index < -0.39 is 11.6 Å². The van der Waals surface area contributed by atoms with Gasteiger partial charge in [0.15, 0.2) is 11.6 Å². The summed E-state index contributed by atoms with van der Waals surface area (Å²) < 4.78 is 22.5. The van der Waals surface area contributed by atoms with Crippen molar-refractivity contribution in [3.8, 4) is 0 Å². The van der Waals surface area contributed by atoms with Crippen molar-refractivity contribution in [1.82, 2.24) is 0 Å². The number of hydrogen-bond donors (Lipinski definition) is 1. The minimum Gasteiger partial charge on any atom is -0.394 e. The highest BCUT2D eigenvalue weighted by atomic mass is 16.8. The molecule has 0 aromatic heterocycles. The van der Waals surface area contributed by atoms with E-state index in [0.717, 1.165) is 0 Å². The average Bonchev–Trinajstić information content (AvgIpc) is 2.65. The Balaban J connectivity index is 2.04. The lowest BCUT2D eigenvalue weighted by Crippen LogP contribution is -2.39. The number of rotatable bonds is 2. The van der Waals surface area contributed by atoms with E-state index in [4.69, 9.17) is 18.9 Å². The Kier molecular flexibility index (Phi) is 3.01. The highest BCUT2D eigenvalue weighted by Gasteiger charge is 2.49. The summed E-state index contributed by atoms with van der Waals surface area (Å²) >= 11 is 0. The van der Waals surface area contributed by atoms with Crippen molar-refractivity contribution < 1.29 is 24.1 Å². The highest BCUT2D eigenvalue weighted by Crippen LogP contribution is 2.35. The van der Waals surface area contributed by atoms with Crippen molar-refractivity contribution in [3.63, 3.8) is 0 Å². The van der Waals surface area contributed by atoms with Crippen LogP contribution in [0.1, 0.15) is 27.7 Å². The van der Waals surface area contributed by atoms with E-state index >= 15 is 0 Å². The maximum absolute atomic E-state index is 9.26. The van der Waals surface area contributed by atoms with Crippen LogP contribution in [0.4, 0.5) is 0 Å². The molecule has 0 unspecified atom stereocenters. The number of aliphatic hydroxyl groups excluding tert-OH is 1. The summed E-state index contributed by atoms with van der Waals surface area (Å²) in [5.74, 6) is -1.26. The van der Waals surface area contributed by atoms with Crippen LogP contribution >= 0.6 is 0 Å². The molecule has 5 nitrogen and oxygen atoms in total. The first-order chi connectivity index (χ1) is 7.33. The smallest absolute Gasteiger partial charge is 0.164 e. The molecule has 5 heteroatoms. The van der Waals surface area contributed by atoms with E-state index in [9.17, 15) is 5.11 Å². The Labute approximate surface area is 95.6 Å². The van der Waals surface area contributed by atoms with Gasteiger partial charge in [0.1, 0.15) is 18.3 Å². The molecule has 0 bridgehead atoms. The molecule has 0 radical (unpaired) electrons. The minimum atomic E-state index is -0.672. The van der Waals surface area contributed by atoms with Gasteiger partial charge < -0.3 is 24.1 Å². The maximum atomic E-state index is 9.26. The molecule has 0 aromatic carbocycles. The molecule has 16 heavy (non-hydrogen) atoms. The molecule has 3 atom stereocenters. The van der Waals surface area contributed by atoms with E-state index in [2.05, 4.69) is 0 Å². The van der Waals surface area contributed by atoms with Crippen molar-refractivity contribution in [2.45, 2.75) is 57.6 Å². The van der Waals surface area contributed by atoms with Gasteiger partial charge in [0.05, 0.1) is 13.2 Å². The van der Waals surface area contributed by atoms with Crippen LogP contribution in [0.5, 0.6) is 0 Å². The molecule has 0 aromatic rings. The lowest BCUT2D eigenvalue weighted by Gasteiger charge is -2.23. The number of ether oxygens (including phenoxy) is 4. The molecule has 0 spiro atoms. The quantitative estimate of drug-likeness (QED) is 0.757. The van der Waals surface area contributed by atoms with Gasteiger partial charge in [-0.15, -0.1) is 0 Å². The van der Waals surface area contributed by atoms with Gasteiger partial charge in [0.2, 0.25) is 0 Å². The summed E-state index contributed by atoms with van der Waals surface area (Å²) in [6, 6.07) is 0. The van der Waals surface area contributed by atoms with Crippen LogP contribution in [0, 0.1) is 0 Å². The predicted molar refractivity (Wildman–Crippen MR) is 55.8 cm³/mol. The molecular weight excluding hydrogens is 212 g/mol. The molecule has 2 heterocycles. The summed E-state index contributed by atoms with van der Waals surface area (Å²) in [7, 11) is 0. The van der Waals surface area contributed by atoms with Crippen LogP contribution in [0.15, 0.2) is 0 Å². The fourth-order valence-corrected chi connectivity index (χ4v) is 2.20. The molecule has 2 aliphatic heterocycles. The normalized spacial score (nSPS) is 41.4. The van der Waals surface area contributed by atoms with E-state index in [1.165, 1.54) is 0 Å². The maximum Gasteiger partial charge on any atom is 0.164 e. The van der Waals surface area contributed by atoms with E-state index in [1.54, 1.807) is 0 Å². The lowest BCUT2D eigenvalue weighted by atomic mass is 10.1. The Morgan fingerprint density at radius 1 is 1.06 bits per heavy atom. The first kappa shape index (κ1) is 12.3. The van der Waals surface area contributed by atoms with Gasteiger partial charge in [-0.05, 0) is 27.7 Å². The van der Waals surface area contributed by atoms with Crippen LogP contribution in [-0.4, -0.2) is 48.2 Å². The highest BCUT2D eigenvalue weighted by molar-refractivity contribution is 4.90. The van der Waals surface area contributed by atoms with Gasteiger partial charge in [-0.3, -0.25) is 0 Å². The third kappa shape index (κ3) is 2.38. The Morgan fingerprint density at radius 3 is 2.25 bits per heavy atom. The summed E-state index contributed by atoms with van der Waals surface area (Å²) in [6.45, 7) is 7.78. The number of aliphatic hydroxyl groups is 1. The van der Waals surface area contributed by atoms with Gasteiger partial charge in [0.25, 0.3) is 0 Å². The van der Waals surface area contributed by atoms with Crippen molar-refractivity contribution in [2.24, 2.45) is 0 Å². The van der Waals surface area contributed by atoms with Crippen molar-refractivity contribution >= 4 is 0 Å². The summed E-state index contributed by atoms with van der Waals surface area (Å²) in [4.78, 5) is 0. The van der Waals surface area contributed by atoms with Gasteiger partial charge >= 0.3 is 0 Å². The van der Waals surface area contributed by atoms with Gasteiger partial charge in [-0.1, -0.05) is 0 Å². The molecule has 0 amide bonds. The summed E-state index contributed by atoms with van der Waals surface area (Å²) in [5, 5.41) is 9.26. The number of hydrogen-bond acceptors (Lipinski definition) is 5. The van der Waals surface area contributed by atoms with Gasteiger partial charge in [0, 0.05) is 0 Å². The average molecular weight is 232 g/mol. The zero-order valence-electron chi connectivity index (χ0n) is 10.2. The third-order valence-corrected chi connectivity index (χ3v) is 2.80. The molecule has 0 saturated carbocycles. The summed E-state index contributed by atoms with van der Waals surface area (Å²) in [6.07, 6.45) is -0.812. The van der Waals surface area contributed by atoms with E-state index in [0.29, 0.717) is 6.61 Å². The van der Waals surface area contributed by atoms with Crippen LogP contribution in [0.3, 0.4) is 0 Å². The molecule has 2 rings (SSSR count). The SMILES string of the molecule is CC1(C)O[C@H]([C@H]2COC(C)(C)O2)[C@H](CO)O1. The van der Waals surface area contributed by atoms with E-state index in [1.807, 2.05) is 27.7 Å². The second-order valence-corrected chi connectivity index (χ2v) is 5.19. The fraction of sp³-hybridized carbons (Fsp3) is 1.00. The van der Waals surface area contributed by atoms with E-state index in [-0.39, 0.29) is 24.9 Å². The minimum absolute atomic E-state index is 0.0750. The first-order valence-electron chi connectivity index (χ1n) is 5.61. The van der Waals surface area contributed by atoms with Crippen LogP contribution < -0.4 is 0 Å². The van der Waals surface area contributed by atoms with Crippen molar-refractivity contribution in [1.29, 1.82) is 0 Å². The van der Waals surface area contributed by atoms with Crippen LogP contribution in [0.25, 0.3) is 0 Å². The van der Waals surface area contributed by atoms with Gasteiger partial charge in [-0.25, -0.2) is 0 Å². The molecular formula is C11H20O5. The summed E-state index contributed by atoms with van der Waals surface area (Å²) in [5.41, 5.74) is 0. The molecule has 2 fully saturated rings. The zero-order chi connectivity index (χ0) is 12.0. The second kappa shape index (κ2) is 3.92. The first-order valence-corrected chi connectivity index (χ1v) is 5.61. The third-order valence-electron chi connectivity index (χ3n) is 2.80. The molecule has 0 aliphatic carbocycles. The monoisotopic (exact) mass is 232 g/mol. The molecule has 2 saturated heterocycles. The Hall–Kier alpha value is -0.200.